The summed E-state index contributed by atoms with van der Waals surface area (Å²) in [5.74, 6) is 1.15. The highest BCUT2D eigenvalue weighted by atomic mass is 16.3. The van der Waals surface area contributed by atoms with Gasteiger partial charge in [-0.2, -0.15) is 0 Å². The number of phenolic OH excluding ortho intramolecular Hbond substituents is 1. The lowest BCUT2D eigenvalue weighted by molar-refractivity contribution is 0.0767. The maximum absolute atomic E-state index is 9.97. The molecule has 114 valence electrons. The van der Waals surface area contributed by atoms with Crippen molar-refractivity contribution in [2.75, 3.05) is 19.6 Å². The monoisotopic (exact) mass is 285 g/mol. The van der Waals surface area contributed by atoms with E-state index in [9.17, 15) is 5.11 Å². The minimum Gasteiger partial charge on any atom is -0.508 e. The lowest BCUT2D eigenvalue weighted by Crippen LogP contribution is -2.52. The van der Waals surface area contributed by atoms with Crippen LogP contribution >= 0.6 is 0 Å². The van der Waals surface area contributed by atoms with Gasteiger partial charge in [0.1, 0.15) is 5.75 Å². The van der Waals surface area contributed by atoms with Crippen LogP contribution in [0.25, 0.3) is 0 Å². The molecule has 2 atom stereocenters. The number of hydrogen-bond acceptors (Lipinski definition) is 2. The number of phenols is 1. The van der Waals surface area contributed by atoms with Gasteiger partial charge in [-0.05, 0) is 61.4 Å². The second-order valence-electron chi connectivity index (χ2n) is 6.78. The van der Waals surface area contributed by atoms with Gasteiger partial charge in [0.05, 0.1) is 0 Å². The molecule has 0 spiro atoms. The number of hydrogen-bond donors (Lipinski definition) is 1. The number of aromatic hydroxyl groups is 1. The standard InChI is InChI=1S/C19H27NO/c1-3-9-19-10-12-20(11-4-2)14-16(19)7-5-15-6-8-17(21)13-18(15)19/h4,6,8,13,16,21H,2-3,5,7,9-12,14H2,1H3/t16-,19+/m0/s1. The Hall–Kier alpha value is -1.28. The third-order valence-electron chi connectivity index (χ3n) is 5.61. The van der Waals surface area contributed by atoms with E-state index >= 15 is 0 Å². The van der Waals surface area contributed by atoms with Gasteiger partial charge < -0.3 is 5.11 Å². The van der Waals surface area contributed by atoms with Crippen LogP contribution in [0.1, 0.15) is 43.7 Å². The van der Waals surface area contributed by atoms with E-state index in [2.05, 4.69) is 30.5 Å². The predicted octanol–water partition coefficient (Wildman–Crippen LogP) is 3.88. The summed E-state index contributed by atoms with van der Waals surface area (Å²) in [6.45, 7) is 9.51. The molecule has 2 aliphatic rings. The number of benzene rings is 1. The van der Waals surface area contributed by atoms with Gasteiger partial charge in [-0.15, -0.1) is 6.58 Å². The lowest BCUT2D eigenvalue weighted by Gasteiger charge is -2.52. The van der Waals surface area contributed by atoms with E-state index in [1.165, 1.54) is 43.4 Å². The van der Waals surface area contributed by atoms with Gasteiger partial charge in [0.2, 0.25) is 0 Å². The lowest BCUT2D eigenvalue weighted by atomic mass is 9.58. The van der Waals surface area contributed by atoms with Crippen molar-refractivity contribution in [3.05, 3.63) is 42.0 Å². The zero-order valence-corrected chi connectivity index (χ0v) is 13.1. The molecule has 2 nitrogen and oxygen atoms in total. The largest absolute Gasteiger partial charge is 0.508 e. The van der Waals surface area contributed by atoms with Crippen LogP contribution in [0.2, 0.25) is 0 Å². The second kappa shape index (κ2) is 5.84. The molecule has 1 saturated heterocycles. The van der Waals surface area contributed by atoms with E-state index in [4.69, 9.17) is 0 Å². The molecule has 0 aromatic heterocycles. The maximum atomic E-state index is 9.97. The van der Waals surface area contributed by atoms with Gasteiger partial charge in [-0.25, -0.2) is 0 Å². The molecule has 0 saturated carbocycles. The van der Waals surface area contributed by atoms with Crippen LogP contribution in [-0.4, -0.2) is 29.6 Å². The van der Waals surface area contributed by atoms with Gasteiger partial charge in [0, 0.05) is 18.5 Å². The molecular formula is C19H27NO. The Labute approximate surface area is 128 Å². The Morgan fingerprint density at radius 2 is 2.33 bits per heavy atom. The van der Waals surface area contributed by atoms with Crippen molar-refractivity contribution in [3.8, 4) is 5.75 Å². The van der Waals surface area contributed by atoms with Crippen LogP contribution in [0.4, 0.5) is 0 Å². The van der Waals surface area contributed by atoms with Gasteiger partial charge >= 0.3 is 0 Å². The topological polar surface area (TPSA) is 23.5 Å². The number of piperidine rings is 1. The van der Waals surface area contributed by atoms with Crippen LogP contribution in [0, 0.1) is 5.92 Å². The first-order valence-electron chi connectivity index (χ1n) is 8.35. The average Bonchev–Trinajstić information content (AvgIpc) is 2.48. The summed E-state index contributed by atoms with van der Waals surface area (Å²) in [7, 11) is 0. The number of fused-ring (bicyclic) bond motifs is 3. The maximum Gasteiger partial charge on any atom is 0.115 e. The zero-order chi connectivity index (χ0) is 14.9. The van der Waals surface area contributed by atoms with Crippen molar-refractivity contribution in [1.29, 1.82) is 0 Å². The van der Waals surface area contributed by atoms with Crippen LogP contribution in [0.15, 0.2) is 30.9 Å². The summed E-state index contributed by atoms with van der Waals surface area (Å²) in [6.07, 6.45) is 8.15. The van der Waals surface area contributed by atoms with Crippen LogP contribution in [-0.2, 0) is 11.8 Å². The van der Waals surface area contributed by atoms with E-state index in [-0.39, 0.29) is 0 Å². The number of likely N-dealkylation sites (tertiary alicyclic amines) is 1. The Morgan fingerprint density at radius 3 is 3.10 bits per heavy atom. The van der Waals surface area contributed by atoms with Gasteiger partial charge in [0.15, 0.2) is 0 Å². The average molecular weight is 285 g/mol. The summed E-state index contributed by atoms with van der Waals surface area (Å²) in [5.41, 5.74) is 3.20. The van der Waals surface area contributed by atoms with Crippen molar-refractivity contribution in [2.45, 2.75) is 44.4 Å². The summed E-state index contributed by atoms with van der Waals surface area (Å²) in [4.78, 5) is 2.54. The first kappa shape index (κ1) is 14.6. The highest BCUT2D eigenvalue weighted by Gasteiger charge is 2.46. The molecule has 0 unspecified atom stereocenters. The number of rotatable bonds is 4. The van der Waals surface area contributed by atoms with Gasteiger partial charge in [-0.1, -0.05) is 25.5 Å². The zero-order valence-electron chi connectivity index (χ0n) is 13.1. The SMILES string of the molecule is C=CCN1CC[C@@]2(CCC)c3cc(O)ccc3CC[C@H]2C1. The minimum atomic E-state index is 0.290. The highest BCUT2D eigenvalue weighted by molar-refractivity contribution is 5.43. The molecule has 1 aliphatic heterocycles. The molecule has 21 heavy (non-hydrogen) atoms. The highest BCUT2D eigenvalue weighted by Crippen LogP contribution is 2.50. The Kier molecular flexibility index (Phi) is 4.08. The Morgan fingerprint density at radius 1 is 1.48 bits per heavy atom. The van der Waals surface area contributed by atoms with E-state index in [0.29, 0.717) is 11.2 Å². The number of nitrogens with zero attached hydrogens (tertiary/aromatic N) is 1. The molecule has 1 heterocycles. The minimum absolute atomic E-state index is 0.290. The third-order valence-corrected chi connectivity index (χ3v) is 5.61. The van der Waals surface area contributed by atoms with Crippen molar-refractivity contribution < 1.29 is 5.11 Å². The molecule has 2 heteroatoms. The molecule has 1 aromatic rings. The van der Waals surface area contributed by atoms with E-state index in [0.717, 1.165) is 25.4 Å². The summed E-state index contributed by atoms with van der Waals surface area (Å²) < 4.78 is 0. The van der Waals surface area contributed by atoms with E-state index in [1.54, 1.807) is 0 Å². The van der Waals surface area contributed by atoms with Gasteiger partial charge in [-0.3, -0.25) is 4.90 Å². The first-order chi connectivity index (χ1) is 10.2. The fourth-order valence-electron chi connectivity index (χ4n) is 4.70. The quantitative estimate of drug-likeness (QED) is 0.849. The molecule has 3 rings (SSSR count). The molecule has 1 N–H and O–H groups in total. The van der Waals surface area contributed by atoms with E-state index in [1.807, 2.05) is 12.1 Å². The summed E-state index contributed by atoms with van der Waals surface area (Å²) in [5, 5.41) is 9.97. The van der Waals surface area contributed by atoms with Crippen LogP contribution < -0.4 is 0 Å². The first-order valence-corrected chi connectivity index (χ1v) is 8.35. The smallest absolute Gasteiger partial charge is 0.115 e. The predicted molar refractivity (Wildman–Crippen MR) is 87.8 cm³/mol. The van der Waals surface area contributed by atoms with Crippen molar-refractivity contribution in [2.24, 2.45) is 5.92 Å². The molecule has 1 fully saturated rings. The molecule has 1 aliphatic carbocycles. The fourth-order valence-corrected chi connectivity index (χ4v) is 4.70. The van der Waals surface area contributed by atoms with Crippen molar-refractivity contribution in [3.63, 3.8) is 0 Å². The molecule has 1 aromatic carbocycles. The molecule has 0 amide bonds. The van der Waals surface area contributed by atoms with Gasteiger partial charge in [0.25, 0.3) is 0 Å². The summed E-state index contributed by atoms with van der Waals surface area (Å²) in [6, 6.07) is 6.06. The number of aryl methyl sites for hydroxylation is 1. The Balaban J connectivity index is 1.98. The molecule has 0 bridgehead atoms. The third kappa shape index (κ3) is 2.50. The molecule has 0 radical (unpaired) electrons. The normalized spacial score (nSPS) is 28.7. The molecular weight excluding hydrogens is 258 g/mol. The summed E-state index contributed by atoms with van der Waals surface area (Å²) >= 11 is 0. The van der Waals surface area contributed by atoms with Crippen molar-refractivity contribution >= 4 is 0 Å². The Bertz CT molecular complexity index is 524. The second-order valence-corrected chi connectivity index (χ2v) is 6.78. The van der Waals surface area contributed by atoms with Crippen LogP contribution in [0.5, 0.6) is 5.75 Å². The fraction of sp³-hybridized carbons (Fsp3) is 0.579. The van der Waals surface area contributed by atoms with E-state index < -0.39 is 0 Å². The van der Waals surface area contributed by atoms with Crippen molar-refractivity contribution in [1.82, 2.24) is 4.90 Å². The van der Waals surface area contributed by atoms with Crippen LogP contribution in [0.3, 0.4) is 0 Å².